The number of benzene rings is 1. The number of hydrogen-bond acceptors (Lipinski definition) is 3. The van der Waals surface area contributed by atoms with Crippen LogP contribution in [0.15, 0.2) is 18.2 Å². The molecule has 1 aliphatic heterocycles. The summed E-state index contributed by atoms with van der Waals surface area (Å²) in [6, 6.07) is 6.64. The first kappa shape index (κ1) is 13.4. The first-order valence-corrected chi connectivity index (χ1v) is 6.70. The molecule has 0 atom stereocenters. The van der Waals surface area contributed by atoms with Gasteiger partial charge in [-0.2, -0.15) is 0 Å². The molecule has 2 N–H and O–H groups in total. The highest BCUT2D eigenvalue weighted by atomic mass is 15.3. The average molecular weight is 247 g/mol. The van der Waals surface area contributed by atoms with Gasteiger partial charge in [-0.05, 0) is 51.1 Å². The van der Waals surface area contributed by atoms with Crippen molar-refractivity contribution < 1.29 is 0 Å². The lowest BCUT2D eigenvalue weighted by molar-refractivity contribution is 0.139. The molecular formula is C15H25N3. The van der Waals surface area contributed by atoms with Crippen LogP contribution in [0, 0.1) is 6.92 Å². The highest BCUT2D eigenvalue weighted by Crippen LogP contribution is 2.25. The van der Waals surface area contributed by atoms with E-state index in [4.69, 9.17) is 5.73 Å². The maximum absolute atomic E-state index is 5.72. The molecule has 0 aliphatic carbocycles. The molecule has 3 nitrogen and oxygen atoms in total. The zero-order valence-corrected chi connectivity index (χ0v) is 12.0. The highest BCUT2D eigenvalue weighted by Gasteiger charge is 2.31. The van der Waals surface area contributed by atoms with E-state index in [1.165, 1.54) is 16.8 Å². The van der Waals surface area contributed by atoms with E-state index in [1.54, 1.807) is 0 Å². The molecule has 0 radical (unpaired) electrons. The van der Waals surface area contributed by atoms with Gasteiger partial charge in [0.25, 0.3) is 0 Å². The molecule has 0 aromatic heterocycles. The summed E-state index contributed by atoms with van der Waals surface area (Å²) in [4.78, 5) is 4.91. The van der Waals surface area contributed by atoms with Gasteiger partial charge in [-0.15, -0.1) is 0 Å². The Balaban J connectivity index is 2.20. The van der Waals surface area contributed by atoms with Crippen LogP contribution in [0.3, 0.4) is 0 Å². The minimum absolute atomic E-state index is 0.235. The van der Waals surface area contributed by atoms with Crippen molar-refractivity contribution in [2.75, 3.05) is 31.6 Å². The van der Waals surface area contributed by atoms with Crippen LogP contribution >= 0.6 is 0 Å². The molecule has 2 rings (SSSR count). The number of hydrogen-bond donors (Lipinski definition) is 1. The molecular weight excluding hydrogens is 222 g/mol. The van der Waals surface area contributed by atoms with Gasteiger partial charge in [-0.3, -0.25) is 4.90 Å². The summed E-state index contributed by atoms with van der Waals surface area (Å²) < 4.78 is 0. The van der Waals surface area contributed by atoms with Gasteiger partial charge in [0.2, 0.25) is 0 Å². The largest absolute Gasteiger partial charge is 0.368 e. The average Bonchev–Trinajstić information content (AvgIpc) is 2.32. The van der Waals surface area contributed by atoms with Crippen molar-refractivity contribution in [3.8, 4) is 0 Å². The predicted molar refractivity (Wildman–Crippen MR) is 78.0 cm³/mol. The fourth-order valence-corrected chi connectivity index (χ4v) is 2.57. The lowest BCUT2D eigenvalue weighted by Crippen LogP contribution is -2.57. The van der Waals surface area contributed by atoms with Crippen molar-refractivity contribution in [3.05, 3.63) is 29.3 Å². The number of aryl methyl sites for hydroxylation is 1. The van der Waals surface area contributed by atoms with Gasteiger partial charge in [-0.25, -0.2) is 0 Å². The Hall–Kier alpha value is -1.06. The third-order valence-electron chi connectivity index (χ3n) is 4.23. The Bertz CT molecular complexity index is 426. The van der Waals surface area contributed by atoms with Crippen molar-refractivity contribution in [2.45, 2.75) is 32.9 Å². The van der Waals surface area contributed by atoms with Crippen LogP contribution in [0.1, 0.15) is 25.0 Å². The predicted octanol–water partition coefficient (Wildman–Crippen LogP) is 1.98. The fourth-order valence-electron chi connectivity index (χ4n) is 2.57. The topological polar surface area (TPSA) is 32.5 Å². The summed E-state index contributed by atoms with van der Waals surface area (Å²) in [5, 5.41) is 0. The first-order chi connectivity index (χ1) is 8.44. The Labute approximate surface area is 111 Å². The monoisotopic (exact) mass is 247 g/mol. The lowest BCUT2D eigenvalue weighted by Gasteiger charge is -2.46. The molecule has 0 amide bonds. The molecule has 18 heavy (non-hydrogen) atoms. The number of nitrogens with two attached hydrogens (primary N) is 1. The van der Waals surface area contributed by atoms with Gasteiger partial charge < -0.3 is 10.6 Å². The van der Waals surface area contributed by atoms with Crippen LogP contribution in [-0.4, -0.2) is 37.1 Å². The van der Waals surface area contributed by atoms with Gasteiger partial charge in [0, 0.05) is 37.4 Å². The Kier molecular flexibility index (Phi) is 3.64. The zero-order chi connectivity index (χ0) is 13.3. The van der Waals surface area contributed by atoms with Gasteiger partial charge >= 0.3 is 0 Å². The van der Waals surface area contributed by atoms with E-state index in [-0.39, 0.29) is 5.54 Å². The fraction of sp³-hybridized carbons (Fsp3) is 0.600. The smallest absolute Gasteiger partial charge is 0.0370 e. The third-order valence-corrected chi connectivity index (χ3v) is 4.23. The maximum Gasteiger partial charge on any atom is 0.0370 e. The Morgan fingerprint density at radius 3 is 2.56 bits per heavy atom. The van der Waals surface area contributed by atoms with Crippen molar-refractivity contribution in [3.63, 3.8) is 0 Å². The second-order valence-corrected chi connectivity index (χ2v) is 5.97. The van der Waals surface area contributed by atoms with Gasteiger partial charge in [-0.1, -0.05) is 6.07 Å². The minimum Gasteiger partial charge on any atom is -0.368 e. The van der Waals surface area contributed by atoms with Crippen molar-refractivity contribution in [1.82, 2.24) is 4.90 Å². The third kappa shape index (κ3) is 2.52. The molecule has 0 saturated carbocycles. The minimum atomic E-state index is 0.235. The molecule has 1 aliphatic rings. The Morgan fingerprint density at radius 2 is 2.00 bits per heavy atom. The summed E-state index contributed by atoms with van der Waals surface area (Å²) in [6.07, 6.45) is 0. The van der Waals surface area contributed by atoms with Gasteiger partial charge in [0.15, 0.2) is 0 Å². The van der Waals surface area contributed by atoms with Gasteiger partial charge in [0.05, 0.1) is 0 Å². The molecule has 1 aromatic rings. The van der Waals surface area contributed by atoms with Crippen molar-refractivity contribution in [2.24, 2.45) is 5.73 Å². The van der Waals surface area contributed by atoms with Crippen molar-refractivity contribution in [1.29, 1.82) is 0 Å². The second-order valence-electron chi connectivity index (χ2n) is 5.97. The summed E-state index contributed by atoms with van der Waals surface area (Å²) in [6.45, 7) is 10.7. The molecule has 0 spiro atoms. The van der Waals surface area contributed by atoms with Crippen LogP contribution in [0.2, 0.25) is 0 Å². The maximum atomic E-state index is 5.72. The first-order valence-electron chi connectivity index (χ1n) is 6.70. The number of piperazine rings is 1. The number of rotatable bonds is 2. The van der Waals surface area contributed by atoms with Crippen molar-refractivity contribution >= 4 is 5.69 Å². The van der Waals surface area contributed by atoms with Crippen LogP contribution in [0.5, 0.6) is 0 Å². The molecule has 1 fully saturated rings. The van der Waals surface area contributed by atoms with Crippen LogP contribution < -0.4 is 10.6 Å². The molecule has 1 aromatic carbocycles. The van der Waals surface area contributed by atoms with E-state index < -0.39 is 0 Å². The van der Waals surface area contributed by atoms with E-state index in [1.807, 2.05) is 0 Å². The Morgan fingerprint density at radius 1 is 1.28 bits per heavy atom. The van der Waals surface area contributed by atoms with Crippen LogP contribution in [0.4, 0.5) is 5.69 Å². The van der Waals surface area contributed by atoms with E-state index in [0.29, 0.717) is 6.54 Å². The van der Waals surface area contributed by atoms with E-state index >= 15 is 0 Å². The lowest BCUT2D eigenvalue weighted by atomic mass is 9.98. The number of likely N-dealkylation sites (N-methyl/N-ethyl adjacent to an activating group) is 1. The molecule has 100 valence electrons. The van der Waals surface area contributed by atoms with E-state index in [0.717, 1.165) is 19.6 Å². The number of anilines is 1. The van der Waals surface area contributed by atoms with Gasteiger partial charge in [0.1, 0.15) is 0 Å². The normalized spacial score (nSPS) is 20.2. The summed E-state index contributed by atoms with van der Waals surface area (Å²) in [7, 11) is 2.21. The highest BCUT2D eigenvalue weighted by molar-refractivity contribution is 5.51. The number of nitrogens with zero attached hydrogens (tertiary/aromatic N) is 2. The van der Waals surface area contributed by atoms with Crippen LogP contribution in [0.25, 0.3) is 0 Å². The summed E-state index contributed by atoms with van der Waals surface area (Å²) in [5.74, 6) is 0. The molecule has 1 saturated heterocycles. The second kappa shape index (κ2) is 4.90. The van der Waals surface area contributed by atoms with E-state index in [2.05, 4.69) is 55.8 Å². The SMILES string of the molecule is Cc1cc(N2CCN(C)C(C)(C)C2)ccc1CN. The molecule has 3 heteroatoms. The summed E-state index contributed by atoms with van der Waals surface area (Å²) in [5.41, 5.74) is 9.82. The van der Waals surface area contributed by atoms with E-state index in [9.17, 15) is 0 Å². The molecule has 0 bridgehead atoms. The quantitative estimate of drug-likeness (QED) is 0.867. The standard InChI is InChI=1S/C15H25N3/c1-12-9-14(6-5-13(12)10-16)18-8-7-17(4)15(2,3)11-18/h5-6,9H,7-8,10-11,16H2,1-4H3. The van der Waals surface area contributed by atoms with Crippen LogP contribution in [-0.2, 0) is 6.54 Å². The molecule has 1 heterocycles. The zero-order valence-electron chi connectivity index (χ0n) is 12.0. The molecule has 0 unspecified atom stereocenters. The summed E-state index contributed by atoms with van der Waals surface area (Å²) >= 11 is 0.